The van der Waals surface area contributed by atoms with E-state index in [1.807, 2.05) is 30.3 Å². The minimum absolute atomic E-state index is 0.0945. The molecular weight excluding hydrogens is 256 g/mol. The number of phenols is 4. The zero-order valence-electron chi connectivity index (χ0n) is 10.4. The van der Waals surface area contributed by atoms with Gasteiger partial charge in [0.15, 0.2) is 11.5 Å². The van der Waals surface area contributed by atoms with Crippen molar-refractivity contribution >= 4 is 10.8 Å². The Morgan fingerprint density at radius 2 is 1.35 bits per heavy atom. The van der Waals surface area contributed by atoms with Crippen LogP contribution in [0.15, 0.2) is 48.5 Å². The van der Waals surface area contributed by atoms with Crippen LogP contribution in [0.4, 0.5) is 0 Å². The predicted molar refractivity (Wildman–Crippen MR) is 76.0 cm³/mol. The molecule has 4 heteroatoms. The second-order valence-corrected chi connectivity index (χ2v) is 4.51. The Morgan fingerprint density at radius 1 is 0.650 bits per heavy atom. The summed E-state index contributed by atoms with van der Waals surface area (Å²) in [6, 6.07) is 13.9. The standard InChI is InChI=1S/C16H12O4/c17-12-8-13(18)15(19)16(20)14(12)11-7-3-5-9-4-1-2-6-10(9)11/h1-8,17-20H. The molecule has 3 aromatic rings. The molecule has 4 N–H and O–H groups in total. The van der Waals surface area contributed by atoms with E-state index < -0.39 is 17.2 Å². The maximum Gasteiger partial charge on any atom is 0.201 e. The average Bonchev–Trinajstić information content (AvgIpc) is 2.45. The third kappa shape index (κ3) is 1.70. The lowest BCUT2D eigenvalue weighted by atomic mass is 9.96. The van der Waals surface area contributed by atoms with E-state index in [0.717, 1.165) is 16.8 Å². The van der Waals surface area contributed by atoms with Gasteiger partial charge in [0.05, 0.1) is 5.56 Å². The molecule has 0 unspecified atom stereocenters. The van der Waals surface area contributed by atoms with Gasteiger partial charge in [-0.05, 0) is 16.3 Å². The molecule has 0 aliphatic heterocycles. The molecule has 0 amide bonds. The lowest BCUT2D eigenvalue weighted by Crippen LogP contribution is -1.85. The van der Waals surface area contributed by atoms with Gasteiger partial charge in [0.2, 0.25) is 5.75 Å². The lowest BCUT2D eigenvalue weighted by molar-refractivity contribution is 0.362. The SMILES string of the molecule is Oc1cc(O)c(-c2cccc3ccccc23)c(O)c1O. The lowest BCUT2D eigenvalue weighted by Gasteiger charge is -2.12. The number of hydrogen-bond donors (Lipinski definition) is 4. The zero-order chi connectivity index (χ0) is 14.3. The number of benzene rings is 3. The molecule has 0 spiro atoms. The first-order chi connectivity index (χ1) is 9.59. The normalized spacial score (nSPS) is 10.8. The molecular formula is C16H12O4. The highest BCUT2D eigenvalue weighted by Crippen LogP contribution is 2.49. The van der Waals surface area contributed by atoms with Crippen LogP contribution in [0.25, 0.3) is 21.9 Å². The Kier molecular flexibility index (Phi) is 2.64. The van der Waals surface area contributed by atoms with Crippen LogP contribution in [-0.2, 0) is 0 Å². The first kappa shape index (κ1) is 12.2. The number of rotatable bonds is 1. The van der Waals surface area contributed by atoms with Crippen LogP contribution in [0.1, 0.15) is 0 Å². The van der Waals surface area contributed by atoms with Crippen LogP contribution in [-0.4, -0.2) is 20.4 Å². The summed E-state index contributed by atoms with van der Waals surface area (Å²) in [7, 11) is 0. The van der Waals surface area contributed by atoms with E-state index in [1.165, 1.54) is 0 Å². The number of phenolic OH excluding ortho intramolecular Hbond substituents is 4. The van der Waals surface area contributed by atoms with E-state index in [1.54, 1.807) is 12.1 Å². The third-order valence-corrected chi connectivity index (χ3v) is 3.29. The molecule has 0 fully saturated rings. The fourth-order valence-electron chi connectivity index (χ4n) is 2.34. The van der Waals surface area contributed by atoms with E-state index in [9.17, 15) is 20.4 Å². The van der Waals surface area contributed by atoms with Crippen LogP contribution < -0.4 is 0 Å². The molecule has 0 aliphatic carbocycles. The van der Waals surface area contributed by atoms with E-state index in [-0.39, 0.29) is 11.3 Å². The number of hydrogen-bond acceptors (Lipinski definition) is 4. The Hall–Kier alpha value is -2.88. The van der Waals surface area contributed by atoms with Crippen LogP contribution in [0.5, 0.6) is 23.0 Å². The van der Waals surface area contributed by atoms with Gasteiger partial charge >= 0.3 is 0 Å². The molecule has 0 heterocycles. The Balaban J connectivity index is 2.40. The van der Waals surface area contributed by atoms with Gasteiger partial charge in [-0.3, -0.25) is 0 Å². The van der Waals surface area contributed by atoms with Crippen LogP contribution in [0, 0.1) is 0 Å². The molecule has 0 saturated heterocycles. The molecule has 20 heavy (non-hydrogen) atoms. The minimum Gasteiger partial charge on any atom is -0.507 e. The van der Waals surface area contributed by atoms with Crippen molar-refractivity contribution in [1.29, 1.82) is 0 Å². The topological polar surface area (TPSA) is 80.9 Å². The maximum atomic E-state index is 10.0. The Bertz CT molecular complexity index is 804. The quantitative estimate of drug-likeness (QED) is 0.403. The average molecular weight is 268 g/mol. The largest absolute Gasteiger partial charge is 0.507 e. The van der Waals surface area contributed by atoms with Crippen molar-refractivity contribution in [2.24, 2.45) is 0 Å². The molecule has 0 aliphatic rings. The van der Waals surface area contributed by atoms with E-state index in [2.05, 4.69) is 0 Å². The minimum atomic E-state index is -0.647. The molecule has 0 aromatic heterocycles. The third-order valence-electron chi connectivity index (χ3n) is 3.29. The predicted octanol–water partition coefficient (Wildman–Crippen LogP) is 3.33. The second kappa shape index (κ2) is 4.35. The second-order valence-electron chi connectivity index (χ2n) is 4.51. The fourth-order valence-corrected chi connectivity index (χ4v) is 2.34. The fraction of sp³-hybridized carbons (Fsp3) is 0. The summed E-state index contributed by atoms with van der Waals surface area (Å²) in [5.41, 5.74) is 0.672. The van der Waals surface area contributed by atoms with Crippen molar-refractivity contribution in [2.45, 2.75) is 0 Å². The molecule has 3 rings (SSSR count). The van der Waals surface area contributed by atoms with Gasteiger partial charge in [0.1, 0.15) is 5.75 Å². The molecule has 0 saturated carbocycles. The number of aromatic hydroxyl groups is 4. The Labute approximate surface area is 114 Å². The van der Waals surface area contributed by atoms with Crippen molar-refractivity contribution in [3.05, 3.63) is 48.5 Å². The summed E-state index contributed by atoms with van der Waals surface area (Å²) in [6.07, 6.45) is 0. The first-order valence-electron chi connectivity index (χ1n) is 6.04. The molecule has 0 bridgehead atoms. The molecule has 3 aromatic carbocycles. The van der Waals surface area contributed by atoms with Crippen molar-refractivity contribution in [1.82, 2.24) is 0 Å². The van der Waals surface area contributed by atoms with Crippen LogP contribution >= 0.6 is 0 Å². The van der Waals surface area contributed by atoms with Crippen LogP contribution in [0.2, 0.25) is 0 Å². The highest BCUT2D eigenvalue weighted by Gasteiger charge is 2.19. The van der Waals surface area contributed by atoms with Gasteiger partial charge in [-0.25, -0.2) is 0 Å². The van der Waals surface area contributed by atoms with Gasteiger partial charge in [-0.15, -0.1) is 0 Å². The summed E-state index contributed by atoms with van der Waals surface area (Å²) in [5.74, 6) is -2.05. The molecule has 4 nitrogen and oxygen atoms in total. The molecule has 100 valence electrons. The van der Waals surface area contributed by atoms with Crippen molar-refractivity contribution < 1.29 is 20.4 Å². The summed E-state index contributed by atoms with van der Waals surface area (Å²) >= 11 is 0. The van der Waals surface area contributed by atoms with Gasteiger partial charge in [0, 0.05) is 6.07 Å². The highest BCUT2D eigenvalue weighted by molar-refractivity contribution is 6.00. The van der Waals surface area contributed by atoms with Crippen LogP contribution in [0.3, 0.4) is 0 Å². The monoisotopic (exact) mass is 268 g/mol. The van der Waals surface area contributed by atoms with Gasteiger partial charge in [-0.2, -0.15) is 0 Å². The summed E-state index contributed by atoms with van der Waals surface area (Å²) < 4.78 is 0. The highest BCUT2D eigenvalue weighted by atomic mass is 16.3. The first-order valence-corrected chi connectivity index (χ1v) is 6.04. The van der Waals surface area contributed by atoms with E-state index in [0.29, 0.717) is 5.56 Å². The smallest absolute Gasteiger partial charge is 0.201 e. The van der Waals surface area contributed by atoms with Crippen molar-refractivity contribution in [3.63, 3.8) is 0 Å². The number of fused-ring (bicyclic) bond motifs is 1. The molecule has 0 atom stereocenters. The Morgan fingerprint density at radius 3 is 2.15 bits per heavy atom. The van der Waals surface area contributed by atoms with Gasteiger partial charge in [-0.1, -0.05) is 42.5 Å². The van der Waals surface area contributed by atoms with E-state index >= 15 is 0 Å². The maximum absolute atomic E-state index is 10.0. The van der Waals surface area contributed by atoms with Crippen molar-refractivity contribution in [2.75, 3.05) is 0 Å². The summed E-state index contributed by atoms with van der Waals surface area (Å²) in [5, 5.41) is 40.8. The molecule has 0 radical (unpaired) electrons. The summed E-state index contributed by atoms with van der Waals surface area (Å²) in [6.45, 7) is 0. The van der Waals surface area contributed by atoms with Gasteiger partial charge in [0.25, 0.3) is 0 Å². The van der Waals surface area contributed by atoms with Crippen molar-refractivity contribution in [3.8, 4) is 34.1 Å². The summed E-state index contributed by atoms with van der Waals surface area (Å²) in [4.78, 5) is 0. The van der Waals surface area contributed by atoms with Gasteiger partial charge < -0.3 is 20.4 Å². The van der Waals surface area contributed by atoms with E-state index in [4.69, 9.17) is 0 Å². The zero-order valence-corrected chi connectivity index (χ0v) is 10.4.